The van der Waals surface area contributed by atoms with Crippen molar-refractivity contribution in [3.8, 4) is 11.5 Å². The number of hydrogen-bond acceptors (Lipinski definition) is 5. The van der Waals surface area contributed by atoms with Crippen LogP contribution in [0.25, 0.3) is 0 Å². The van der Waals surface area contributed by atoms with Crippen LogP contribution in [-0.4, -0.2) is 33.9 Å². The molecule has 0 fully saturated rings. The van der Waals surface area contributed by atoms with Crippen molar-refractivity contribution in [3.05, 3.63) is 30.6 Å². The Morgan fingerprint density at radius 2 is 2.14 bits per heavy atom. The summed E-state index contributed by atoms with van der Waals surface area (Å²) in [5.41, 5.74) is 0.696. The molecule has 0 saturated heterocycles. The topological polar surface area (TPSA) is 65.4 Å². The summed E-state index contributed by atoms with van der Waals surface area (Å²) in [5.74, 6) is 1.29. The fourth-order valence-corrected chi connectivity index (χ4v) is 2.87. The summed E-state index contributed by atoms with van der Waals surface area (Å²) in [6, 6.07) is 5.40. The SMILES string of the molecule is C[C@H](Sc1nccn1C)C(=O)Nc1ccc2c(c1)OCCO2. The Hall–Kier alpha value is -2.15. The average molecular weight is 319 g/mol. The summed E-state index contributed by atoms with van der Waals surface area (Å²) in [5, 5.41) is 3.45. The molecule has 6 nitrogen and oxygen atoms in total. The molecule has 2 aromatic rings. The Balaban J connectivity index is 1.65. The average Bonchev–Trinajstić information content (AvgIpc) is 2.92. The summed E-state index contributed by atoms with van der Waals surface area (Å²) < 4.78 is 12.9. The first-order chi connectivity index (χ1) is 10.6. The Kier molecular flexibility index (Phi) is 4.24. The van der Waals surface area contributed by atoms with Gasteiger partial charge < -0.3 is 19.4 Å². The van der Waals surface area contributed by atoms with E-state index in [1.807, 2.05) is 30.8 Å². The summed E-state index contributed by atoms with van der Waals surface area (Å²) in [4.78, 5) is 16.5. The number of benzene rings is 1. The van der Waals surface area contributed by atoms with E-state index in [-0.39, 0.29) is 11.2 Å². The van der Waals surface area contributed by atoms with Crippen molar-refractivity contribution in [2.24, 2.45) is 7.05 Å². The molecule has 1 atom stereocenters. The minimum absolute atomic E-state index is 0.0790. The maximum atomic E-state index is 12.3. The van der Waals surface area contributed by atoms with Crippen LogP contribution in [0.1, 0.15) is 6.92 Å². The first-order valence-electron chi connectivity index (χ1n) is 6.98. The molecule has 1 amide bonds. The highest BCUT2D eigenvalue weighted by molar-refractivity contribution is 8.00. The maximum absolute atomic E-state index is 12.3. The van der Waals surface area contributed by atoms with Gasteiger partial charge >= 0.3 is 0 Å². The fraction of sp³-hybridized carbons (Fsp3) is 0.333. The highest BCUT2D eigenvalue weighted by Crippen LogP contribution is 2.33. The van der Waals surface area contributed by atoms with Crippen LogP contribution < -0.4 is 14.8 Å². The van der Waals surface area contributed by atoms with Crippen LogP contribution in [0.3, 0.4) is 0 Å². The van der Waals surface area contributed by atoms with Gasteiger partial charge in [0, 0.05) is 31.2 Å². The van der Waals surface area contributed by atoms with E-state index in [2.05, 4.69) is 10.3 Å². The van der Waals surface area contributed by atoms with Crippen molar-refractivity contribution in [1.82, 2.24) is 9.55 Å². The summed E-state index contributed by atoms with van der Waals surface area (Å²) in [6.07, 6.45) is 3.57. The molecule has 0 spiro atoms. The number of fused-ring (bicyclic) bond motifs is 1. The van der Waals surface area contributed by atoms with E-state index in [1.165, 1.54) is 11.8 Å². The highest BCUT2D eigenvalue weighted by Gasteiger charge is 2.18. The molecule has 3 rings (SSSR count). The molecule has 0 bridgehead atoms. The molecular formula is C15H17N3O3S. The number of hydrogen-bond donors (Lipinski definition) is 1. The van der Waals surface area contributed by atoms with E-state index >= 15 is 0 Å². The van der Waals surface area contributed by atoms with Crippen LogP contribution in [0.5, 0.6) is 11.5 Å². The van der Waals surface area contributed by atoms with Gasteiger partial charge in [0.1, 0.15) is 13.2 Å². The van der Waals surface area contributed by atoms with Crippen LogP contribution in [0.4, 0.5) is 5.69 Å². The van der Waals surface area contributed by atoms with E-state index in [4.69, 9.17) is 9.47 Å². The third-order valence-electron chi connectivity index (χ3n) is 3.24. The lowest BCUT2D eigenvalue weighted by Gasteiger charge is -2.19. The van der Waals surface area contributed by atoms with Crippen LogP contribution >= 0.6 is 11.8 Å². The van der Waals surface area contributed by atoms with Crippen molar-refractivity contribution in [1.29, 1.82) is 0 Å². The zero-order valence-corrected chi connectivity index (χ0v) is 13.2. The Bertz CT molecular complexity index is 686. The first kappa shape index (κ1) is 14.8. The zero-order chi connectivity index (χ0) is 15.5. The van der Waals surface area contributed by atoms with Crippen LogP contribution in [0.15, 0.2) is 35.7 Å². The van der Waals surface area contributed by atoms with Crippen molar-refractivity contribution in [2.45, 2.75) is 17.3 Å². The Morgan fingerprint density at radius 3 is 2.86 bits per heavy atom. The van der Waals surface area contributed by atoms with Gasteiger partial charge in [0.2, 0.25) is 5.91 Å². The van der Waals surface area contributed by atoms with Gasteiger partial charge in [0.15, 0.2) is 16.7 Å². The molecule has 0 radical (unpaired) electrons. The second-order valence-corrected chi connectivity index (χ2v) is 6.24. The van der Waals surface area contributed by atoms with Gasteiger partial charge in [-0.3, -0.25) is 4.79 Å². The van der Waals surface area contributed by atoms with Gasteiger partial charge in [0.05, 0.1) is 5.25 Å². The molecule has 1 aliphatic rings. The van der Waals surface area contributed by atoms with Crippen LogP contribution in [0, 0.1) is 0 Å². The molecular weight excluding hydrogens is 302 g/mol. The third kappa shape index (κ3) is 3.19. The van der Waals surface area contributed by atoms with E-state index in [9.17, 15) is 4.79 Å². The zero-order valence-electron chi connectivity index (χ0n) is 12.4. The molecule has 7 heteroatoms. The van der Waals surface area contributed by atoms with Crippen LogP contribution in [-0.2, 0) is 11.8 Å². The third-order valence-corrected chi connectivity index (χ3v) is 4.41. The molecule has 1 aromatic heterocycles. The minimum Gasteiger partial charge on any atom is -0.486 e. The maximum Gasteiger partial charge on any atom is 0.237 e. The normalized spacial score (nSPS) is 14.5. The van der Waals surface area contributed by atoms with E-state index in [0.717, 1.165) is 5.16 Å². The van der Waals surface area contributed by atoms with Gasteiger partial charge in [-0.05, 0) is 19.1 Å². The van der Waals surface area contributed by atoms with Gasteiger partial charge in [0.25, 0.3) is 0 Å². The Labute approximate surface area is 132 Å². The minimum atomic E-state index is -0.255. The summed E-state index contributed by atoms with van der Waals surface area (Å²) >= 11 is 1.42. The first-order valence-corrected chi connectivity index (χ1v) is 7.86. The lowest BCUT2D eigenvalue weighted by atomic mass is 10.2. The number of rotatable bonds is 4. The lowest BCUT2D eigenvalue weighted by molar-refractivity contribution is -0.115. The van der Waals surface area contributed by atoms with Gasteiger partial charge in [-0.15, -0.1) is 0 Å². The number of thioether (sulfide) groups is 1. The van der Waals surface area contributed by atoms with Crippen LogP contribution in [0.2, 0.25) is 0 Å². The second kappa shape index (κ2) is 6.31. The molecule has 116 valence electrons. The second-order valence-electron chi connectivity index (χ2n) is 4.93. The number of carbonyl (C=O) groups excluding carboxylic acids is 1. The molecule has 0 saturated carbocycles. The van der Waals surface area contributed by atoms with Gasteiger partial charge in [-0.25, -0.2) is 4.98 Å². The predicted molar refractivity (Wildman–Crippen MR) is 84.6 cm³/mol. The number of imidazole rings is 1. The molecule has 0 unspecified atom stereocenters. The molecule has 22 heavy (non-hydrogen) atoms. The number of nitrogens with one attached hydrogen (secondary N) is 1. The molecule has 1 N–H and O–H groups in total. The largest absolute Gasteiger partial charge is 0.486 e. The van der Waals surface area contributed by atoms with Gasteiger partial charge in [-0.2, -0.15) is 0 Å². The molecule has 0 aliphatic carbocycles. The lowest BCUT2D eigenvalue weighted by Crippen LogP contribution is -2.23. The van der Waals surface area contributed by atoms with Crippen molar-refractivity contribution in [3.63, 3.8) is 0 Å². The highest BCUT2D eigenvalue weighted by atomic mass is 32.2. The number of amides is 1. The molecule has 1 aliphatic heterocycles. The molecule has 1 aromatic carbocycles. The smallest absolute Gasteiger partial charge is 0.237 e. The van der Waals surface area contributed by atoms with E-state index < -0.39 is 0 Å². The standard InChI is InChI=1S/C15H17N3O3S/c1-10(22-15-16-5-6-18(15)2)14(19)17-11-3-4-12-13(9-11)21-8-7-20-12/h3-6,9-10H,7-8H2,1-2H3,(H,17,19)/t10-/m0/s1. The van der Waals surface area contributed by atoms with Crippen molar-refractivity contribution < 1.29 is 14.3 Å². The number of aromatic nitrogens is 2. The number of ether oxygens (including phenoxy) is 2. The number of anilines is 1. The number of aryl methyl sites for hydroxylation is 1. The van der Waals surface area contributed by atoms with E-state index in [1.54, 1.807) is 18.3 Å². The summed E-state index contributed by atoms with van der Waals surface area (Å²) in [6.45, 7) is 2.93. The monoisotopic (exact) mass is 319 g/mol. The van der Waals surface area contributed by atoms with Crippen molar-refractivity contribution >= 4 is 23.4 Å². The Morgan fingerprint density at radius 1 is 1.36 bits per heavy atom. The quantitative estimate of drug-likeness (QED) is 0.876. The summed E-state index contributed by atoms with van der Waals surface area (Å²) in [7, 11) is 1.90. The van der Waals surface area contributed by atoms with Crippen molar-refractivity contribution in [2.75, 3.05) is 18.5 Å². The number of nitrogens with zero attached hydrogens (tertiary/aromatic N) is 2. The molecule has 2 heterocycles. The van der Waals surface area contributed by atoms with E-state index in [0.29, 0.717) is 30.4 Å². The predicted octanol–water partition coefficient (Wildman–Crippen LogP) is 2.31. The fourth-order valence-electron chi connectivity index (χ4n) is 2.04. The number of carbonyl (C=O) groups is 1. The van der Waals surface area contributed by atoms with Gasteiger partial charge in [-0.1, -0.05) is 11.8 Å².